The number of fused-ring (bicyclic) bond motifs is 1. The first-order chi connectivity index (χ1) is 15.1. The zero-order valence-electron chi connectivity index (χ0n) is 16.7. The van der Waals surface area contributed by atoms with E-state index in [-0.39, 0.29) is 23.5 Å². The molecule has 21 heteroatoms. The van der Waals surface area contributed by atoms with E-state index in [9.17, 15) is 28.5 Å². The number of rotatable bonds is 9. The first-order valence-electron chi connectivity index (χ1n) is 9.02. The smallest absolute Gasteiger partial charge is 0.390 e. The molecule has 33 heavy (non-hydrogen) atoms. The number of hydrogen-bond acceptors (Lipinski definition) is 11. The normalized spacial score (nSPS) is 25.2. The summed E-state index contributed by atoms with van der Waals surface area (Å²) in [5.74, 6) is -0.155. The lowest BCUT2D eigenvalue weighted by Gasteiger charge is -2.18. The lowest BCUT2D eigenvalue weighted by atomic mass is 10.2. The van der Waals surface area contributed by atoms with E-state index in [1.807, 2.05) is 0 Å². The summed E-state index contributed by atoms with van der Waals surface area (Å²) in [6.45, 7) is 1.34. The zero-order chi connectivity index (χ0) is 24.8. The highest BCUT2D eigenvalue weighted by Crippen LogP contribution is 2.66. The van der Waals surface area contributed by atoms with E-state index in [2.05, 4.69) is 23.1 Å². The summed E-state index contributed by atoms with van der Waals surface area (Å²) >= 11 is 0. The van der Waals surface area contributed by atoms with Gasteiger partial charge in [-0.1, -0.05) is 4.98 Å². The van der Waals surface area contributed by atoms with Crippen LogP contribution in [0, 0.1) is 0 Å². The van der Waals surface area contributed by atoms with Crippen molar-refractivity contribution in [1.82, 2.24) is 14.5 Å². The van der Waals surface area contributed by atoms with Gasteiger partial charge in [0.15, 0.2) is 12.6 Å². The molecule has 0 spiro atoms. The number of hydrogen-bond donors (Lipinski definition) is 7. The number of aryl methyl sites for hydroxylation is 1. The molecule has 0 amide bonds. The van der Waals surface area contributed by atoms with Gasteiger partial charge < -0.3 is 35.2 Å². The molecule has 3 rings (SSSR count). The number of H-pyrrole nitrogens is 1. The third-order valence-corrected chi connectivity index (χ3v) is 8.17. The van der Waals surface area contributed by atoms with Crippen LogP contribution in [0.4, 0.5) is 5.95 Å². The van der Waals surface area contributed by atoms with Crippen LogP contribution in [-0.4, -0.2) is 58.0 Å². The minimum atomic E-state index is -5.67. The molecule has 3 heterocycles. The van der Waals surface area contributed by atoms with E-state index in [0.717, 1.165) is 0 Å². The Balaban J connectivity index is 1.73. The minimum Gasteiger partial charge on any atom is -0.390 e. The van der Waals surface area contributed by atoms with Crippen LogP contribution in [0.25, 0.3) is 11.2 Å². The Morgan fingerprint density at radius 1 is 1.27 bits per heavy atom. The maximum atomic E-state index is 12.3. The van der Waals surface area contributed by atoms with Crippen LogP contribution in [0.5, 0.6) is 0 Å². The van der Waals surface area contributed by atoms with E-state index >= 15 is 0 Å². The Kier molecular flexibility index (Phi) is 7.32. The van der Waals surface area contributed by atoms with E-state index in [1.54, 1.807) is 11.5 Å². The highest BCUT2D eigenvalue weighted by Gasteiger charge is 2.44. The number of phosphoric acid groups is 3. The molecule has 0 saturated carbocycles. The molecule has 0 aromatic carbocycles. The van der Waals surface area contributed by atoms with Crippen molar-refractivity contribution in [3.63, 3.8) is 0 Å². The lowest BCUT2D eigenvalue weighted by molar-refractivity contribution is -0.739. The summed E-state index contributed by atoms with van der Waals surface area (Å²) in [7, 11) is -16.6. The number of aliphatic hydroxyl groups is 1. The van der Waals surface area contributed by atoms with Crippen molar-refractivity contribution in [3.8, 4) is 0 Å². The Morgan fingerprint density at radius 2 is 1.94 bits per heavy atom. The van der Waals surface area contributed by atoms with Gasteiger partial charge in [0, 0.05) is 6.42 Å². The maximum absolute atomic E-state index is 12.3. The highest BCUT2D eigenvalue weighted by molar-refractivity contribution is 7.66. The van der Waals surface area contributed by atoms with Crippen LogP contribution in [0.1, 0.15) is 19.6 Å². The monoisotopic (exact) mass is 536 g/mol. The van der Waals surface area contributed by atoms with Crippen molar-refractivity contribution < 1.29 is 60.8 Å². The average molecular weight is 536 g/mol. The van der Waals surface area contributed by atoms with Crippen molar-refractivity contribution in [2.75, 3.05) is 12.3 Å². The van der Waals surface area contributed by atoms with Gasteiger partial charge in [0.2, 0.25) is 5.52 Å². The van der Waals surface area contributed by atoms with Gasteiger partial charge in [-0.2, -0.15) is 8.62 Å². The van der Waals surface area contributed by atoms with Crippen molar-refractivity contribution in [3.05, 3.63) is 16.7 Å². The summed E-state index contributed by atoms with van der Waals surface area (Å²) in [6, 6.07) is 0. The molecule has 0 aliphatic carbocycles. The van der Waals surface area contributed by atoms with Crippen LogP contribution in [0.3, 0.4) is 0 Å². The number of aliphatic hydroxyl groups excluding tert-OH is 1. The van der Waals surface area contributed by atoms with Gasteiger partial charge in [0.05, 0.1) is 19.3 Å². The number of nitrogens with one attached hydrogen (secondary N) is 1. The summed E-state index contributed by atoms with van der Waals surface area (Å²) in [5, 5.41) is 10.3. The second-order valence-electron chi connectivity index (χ2n) is 6.75. The van der Waals surface area contributed by atoms with E-state index in [4.69, 9.17) is 25.2 Å². The highest BCUT2D eigenvalue weighted by atomic mass is 31.3. The minimum absolute atomic E-state index is 0.0632. The zero-order valence-corrected chi connectivity index (χ0v) is 19.4. The molecule has 1 aliphatic rings. The van der Waals surface area contributed by atoms with Crippen LogP contribution < -0.4 is 15.9 Å². The first-order valence-corrected chi connectivity index (χ1v) is 13.5. The summed E-state index contributed by atoms with van der Waals surface area (Å²) in [5.41, 5.74) is 5.46. The van der Waals surface area contributed by atoms with Crippen LogP contribution in [-0.2, 0) is 38.1 Å². The molecule has 18 nitrogen and oxygen atoms in total. The van der Waals surface area contributed by atoms with Crippen molar-refractivity contribution in [2.24, 2.45) is 0 Å². The molecule has 1 saturated heterocycles. The molecule has 0 radical (unpaired) electrons. The van der Waals surface area contributed by atoms with Gasteiger partial charge in [-0.05, 0) is 6.92 Å². The number of nitrogens with two attached hydrogens (primary N) is 1. The van der Waals surface area contributed by atoms with Crippen LogP contribution >= 0.6 is 23.5 Å². The van der Waals surface area contributed by atoms with Gasteiger partial charge in [-0.25, -0.2) is 18.3 Å². The Labute approximate surface area is 184 Å². The van der Waals surface area contributed by atoms with E-state index in [0.29, 0.717) is 6.54 Å². The summed E-state index contributed by atoms with van der Waals surface area (Å²) in [4.78, 5) is 54.5. The summed E-state index contributed by atoms with van der Waals surface area (Å²) in [6.07, 6.45) is -1.96. The quantitative estimate of drug-likeness (QED) is 0.143. The molecule has 0 bridgehead atoms. The predicted octanol–water partition coefficient (Wildman–Crippen LogP) is -1.39. The molecule has 2 unspecified atom stereocenters. The number of phosphoric ester groups is 1. The van der Waals surface area contributed by atoms with Crippen molar-refractivity contribution in [1.29, 1.82) is 0 Å². The number of nitrogen functional groups attached to an aromatic ring is 1. The van der Waals surface area contributed by atoms with Crippen molar-refractivity contribution in [2.45, 2.75) is 38.3 Å². The Hall–Kier alpha value is -1.52. The topological polar surface area (TPSA) is 270 Å². The number of aromatic nitrogens is 4. The SMILES string of the molecule is CCn1c[n+]([C@H]2C[C@H](O)[C@@H](COP(=O)(O)OP(=O)(O)OP(=O)(O)O)O2)c2nc(N)[nH]c(=O)c21. The van der Waals surface area contributed by atoms with Gasteiger partial charge >= 0.3 is 29.1 Å². The molecule has 186 valence electrons. The average Bonchev–Trinajstić information content (AvgIpc) is 3.17. The van der Waals surface area contributed by atoms with Gasteiger partial charge in [0.1, 0.15) is 6.10 Å². The number of aromatic amines is 1. The Bertz CT molecular complexity index is 1240. The largest absolute Gasteiger partial charge is 0.490 e. The number of anilines is 1. The fourth-order valence-corrected chi connectivity index (χ4v) is 6.16. The lowest BCUT2D eigenvalue weighted by Crippen LogP contribution is -2.39. The van der Waals surface area contributed by atoms with Gasteiger partial charge in [-0.3, -0.25) is 18.9 Å². The second-order valence-corrected chi connectivity index (χ2v) is 11.2. The Morgan fingerprint density at radius 3 is 2.55 bits per heavy atom. The molecule has 2 aromatic rings. The predicted molar refractivity (Wildman–Crippen MR) is 105 cm³/mol. The number of imidazole rings is 1. The molecular weight excluding hydrogens is 515 g/mol. The molecular formula is C12H21N5O13P3+. The van der Waals surface area contributed by atoms with Gasteiger partial charge in [0.25, 0.3) is 11.5 Å². The number of nitrogens with zero attached hydrogens (tertiary/aromatic N) is 3. The molecule has 5 atom stereocenters. The van der Waals surface area contributed by atoms with Gasteiger partial charge in [-0.15, -0.1) is 0 Å². The standard InChI is InChI=1S/C12H20N5O13P3/c1-2-16-5-17(10-9(16)11(19)15-12(13)14-10)8-3-6(18)7(28-8)4-27-32(23,24)30-33(25,26)29-31(20,21)22/h5-8,18H,2-4H2,1H3,(H6-,13,14,15,19,20,21,22,23,24,25,26)/p+1/t6-,7+,8+/m0/s1. The third kappa shape index (κ3) is 6.33. The molecule has 1 fully saturated rings. The van der Waals surface area contributed by atoms with Crippen molar-refractivity contribution >= 4 is 40.6 Å². The first kappa shape index (κ1) is 26.1. The summed E-state index contributed by atoms with van der Waals surface area (Å²) < 4.78 is 54.2. The third-order valence-electron chi connectivity index (χ3n) is 4.36. The van der Waals surface area contributed by atoms with E-state index in [1.165, 1.54) is 10.9 Å². The molecule has 1 aliphatic heterocycles. The van der Waals surface area contributed by atoms with Crippen LogP contribution in [0.15, 0.2) is 11.1 Å². The molecule has 2 aromatic heterocycles. The van der Waals surface area contributed by atoms with E-state index < -0.39 is 54.1 Å². The van der Waals surface area contributed by atoms with Crippen LogP contribution in [0.2, 0.25) is 0 Å². The number of ether oxygens (including phenoxy) is 1. The maximum Gasteiger partial charge on any atom is 0.490 e. The second kappa shape index (κ2) is 9.26. The fourth-order valence-electron chi connectivity index (χ4n) is 3.13. The molecule has 8 N–H and O–H groups in total. The fraction of sp³-hybridized carbons (Fsp3) is 0.583.